The van der Waals surface area contributed by atoms with Crippen molar-refractivity contribution in [2.24, 2.45) is 0 Å². The van der Waals surface area contributed by atoms with Crippen molar-refractivity contribution in [3.63, 3.8) is 0 Å². The number of rotatable bonds is 5. The van der Waals surface area contributed by atoms with E-state index < -0.39 is 5.82 Å². The van der Waals surface area contributed by atoms with Gasteiger partial charge < -0.3 is 4.74 Å². The predicted molar refractivity (Wildman–Crippen MR) is 72.0 cm³/mol. The lowest BCUT2D eigenvalue weighted by Gasteiger charge is -2.06. The van der Waals surface area contributed by atoms with E-state index in [1.807, 2.05) is 6.07 Å². The van der Waals surface area contributed by atoms with Crippen LogP contribution in [0.2, 0.25) is 0 Å². The molecule has 0 saturated carbocycles. The van der Waals surface area contributed by atoms with Crippen LogP contribution >= 0.6 is 0 Å². The van der Waals surface area contributed by atoms with E-state index in [-0.39, 0.29) is 24.4 Å². The van der Waals surface area contributed by atoms with Gasteiger partial charge in [-0.1, -0.05) is 30.3 Å². The summed E-state index contributed by atoms with van der Waals surface area (Å²) in [7, 11) is 0. The average Bonchev–Trinajstić information content (AvgIpc) is 2.48. The maximum absolute atomic E-state index is 13.3. The number of carbonyl (C=O) groups is 1. The molecule has 3 nitrogen and oxygen atoms in total. The third-order valence-corrected chi connectivity index (χ3v) is 2.75. The quantitative estimate of drug-likeness (QED) is 0.782. The zero-order valence-corrected chi connectivity index (χ0v) is 10.7. The Morgan fingerprint density at radius 1 is 1.20 bits per heavy atom. The molecular formula is C16H12FNO2. The fourth-order valence-corrected chi connectivity index (χ4v) is 1.71. The second-order valence-corrected chi connectivity index (χ2v) is 4.14. The molecule has 2 aromatic carbocycles. The highest BCUT2D eigenvalue weighted by Gasteiger charge is 2.07. The van der Waals surface area contributed by atoms with Gasteiger partial charge in [-0.3, -0.25) is 4.79 Å². The zero-order valence-electron chi connectivity index (χ0n) is 10.7. The lowest BCUT2D eigenvalue weighted by Crippen LogP contribution is -2.06. The Morgan fingerprint density at radius 2 is 1.95 bits per heavy atom. The maximum atomic E-state index is 13.3. The predicted octanol–water partition coefficient (Wildman–Crippen LogP) is 3.35. The maximum Gasteiger partial charge on any atom is 0.166 e. The molecule has 0 bridgehead atoms. The van der Waals surface area contributed by atoms with Gasteiger partial charge in [0, 0.05) is 18.1 Å². The molecule has 0 aliphatic heterocycles. The molecular weight excluding hydrogens is 257 g/mol. The van der Waals surface area contributed by atoms with Gasteiger partial charge in [0.25, 0.3) is 0 Å². The molecule has 20 heavy (non-hydrogen) atoms. The minimum absolute atomic E-state index is 0.0280. The van der Waals surface area contributed by atoms with Crippen molar-refractivity contribution in [3.05, 3.63) is 65.5 Å². The molecule has 0 unspecified atom stereocenters. The van der Waals surface area contributed by atoms with Gasteiger partial charge in [-0.15, -0.1) is 0 Å². The van der Waals surface area contributed by atoms with Gasteiger partial charge in [-0.25, -0.2) is 4.39 Å². The fourth-order valence-electron chi connectivity index (χ4n) is 1.71. The van der Waals surface area contributed by atoms with Crippen LogP contribution in [-0.4, -0.2) is 12.4 Å². The molecule has 0 spiro atoms. The van der Waals surface area contributed by atoms with Crippen LogP contribution in [0.15, 0.2) is 48.5 Å². The summed E-state index contributed by atoms with van der Waals surface area (Å²) < 4.78 is 18.6. The number of carbonyl (C=O) groups excluding carboxylic acids is 1. The van der Waals surface area contributed by atoms with Crippen LogP contribution in [0.25, 0.3) is 0 Å². The number of hydrogen-bond acceptors (Lipinski definition) is 3. The van der Waals surface area contributed by atoms with Crippen molar-refractivity contribution in [1.82, 2.24) is 0 Å². The van der Waals surface area contributed by atoms with E-state index in [1.54, 1.807) is 30.3 Å². The van der Waals surface area contributed by atoms with Gasteiger partial charge in [0.2, 0.25) is 0 Å². The first-order valence-corrected chi connectivity index (χ1v) is 6.11. The molecule has 0 aromatic heterocycles. The molecule has 0 atom stereocenters. The summed E-state index contributed by atoms with van der Waals surface area (Å²) in [5.74, 6) is -0.346. The summed E-state index contributed by atoms with van der Waals surface area (Å²) in [6, 6.07) is 14.6. The summed E-state index contributed by atoms with van der Waals surface area (Å²) in [6.07, 6.45) is 0.214. The van der Waals surface area contributed by atoms with Crippen LogP contribution in [-0.2, 0) is 0 Å². The molecule has 0 aliphatic carbocycles. The van der Waals surface area contributed by atoms with Gasteiger partial charge in [0.15, 0.2) is 5.78 Å². The first-order chi connectivity index (χ1) is 9.70. The normalized spacial score (nSPS) is 9.80. The van der Waals surface area contributed by atoms with Gasteiger partial charge in [-0.05, 0) is 12.1 Å². The van der Waals surface area contributed by atoms with E-state index in [4.69, 9.17) is 10.00 Å². The number of Topliss-reactive ketones (excluding diaryl/α,β-unsaturated/α-hetero) is 1. The SMILES string of the molecule is N#Cc1ccc(OCCC(=O)c2ccccc2)cc1F. The highest BCUT2D eigenvalue weighted by Crippen LogP contribution is 2.16. The van der Waals surface area contributed by atoms with Crippen LogP contribution in [0.5, 0.6) is 5.75 Å². The largest absolute Gasteiger partial charge is 0.493 e. The number of nitriles is 1. The Morgan fingerprint density at radius 3 is 2.60 bits per heavy atom. The Balaban J connectivity index is 1.89. The molecule has 0 aliphatic rings. The van der Waals surface area contributed by atoms with Gasteiger partial charge >= 0.3 is 0 Å². The van der Waals surface area contributed by atoms with Crippen molar-refractivity contribution in [3.8, 4) is 11.8 Å². The third kappa shape index (κ3) is 3.42. The van der Waals surface area contributed by atoms with Crippen molar-refractivity contribution in [1.29, 1.82) is 5.26 Å². The first-order valence-electron chi connectivity index (χ1n) is 6.11. The Bertz CT molecular complexity index is 647. The lowest BCUT2D eigenvalue weighted by atomic mass is 10.1. The van der Waals surface area contributed by atoms with E-state index in [0.29, 0.717) is 11.3 Å². The number of ether oxygens (including phenoxy) is 1. The number of hydrogen-bond donors (Lipinski definition) is 0. The topological polar surface area (TPSA) is 50.1 Å². The van der Waals surface area contributed by atoms with Crippen molar-refractivity contribution in [2.75, 3.05) is 6.61 Å². The van der Waals surface area contributed by atoms with Crippen LogP contribution < -0.4 is 4.74 Å². The number of ketones is 1. The van der Waals surface area contributed by atoms with Gasteiger partial charge in [-0.2, -0.15) is 5.26 Å². The third-order valence-electron chi connectivity index (χ3n) is 2.75. The fraction of sp³-hybridized carbons (Fsp3) is 0.125. The molecule has 0 fully saturated rings. The molecule has 100 valence electrons. The minimum Gasteiger partial charge on any atom is -0.493 e. The standard InChI is InChI=1S/C16H12FNO2/c17-15-10-14(7-6-13(15)11-18)20-9-8-16(19)12-4-2-1-3-5-12/h1-7,10H,8-9H2. The van der Waals surface area contributed by atoms with Gasteiger partial charge in [0.1, 0.15) is 17.6 Å². The van der Waals surface area contributed by atoms with Crippen molar-refractivity contribution < 1.29 is 13.9 Å². The van der Waals surface area contributed by atoms with E-state index in [9.17, 15) is 9.18 Å². The van der Waals surface area contributed by atoms with Crippen molar-refractivity contribution >= 4 is 5.78 Å². The molecule has 2 rings (SSSR count). The Kier molecular flexibility index (Phi) is 4.46. The highest BCUT2D eigenvalue weighted by molar-refractivity contribution is 5.96. The molecule has 0 heterocycles. The first kappa shape index (κ1) is 13.8. The molecule has 4 heteroatoms. The average molecular weight is 269 g/mol. The van der Waals surface area contributed by atoms with Crippen LogP contribution in [0.1, 0.15) is 22.3 Å². The summed E-state index contributed by atoms with van der Waals surface area (Å²) >= 11 is 0. The summed E-state index contributed by atoms with van der Waals surface area (Å²) in [5.41, 5.74) is 0.597. The molecule has 2 aromatic rings. The van der Waals surface area contributed by atoms with E-state index in [1.165, 1.54) is 12.1 Å². The van der Waals surface area contributed by atoms with Crippen LogP contribution in [0.4, 0.5) is 4.39 Å². The second-order valence-electron chi connectivity index (χ2n) is 4.14. The summed E-state index contributed by atoms with van der Waals surface area (Å²) in [6.45, 7) is 0.166. The Labute approximate surface area is 116 Å². The Hall–Kier alpha value is -2.67. The van der Waals surface area contributed by atoms with E-state index in [0.717, 1.165) is 6.07 Å². The van der Waals surface area contributed by atoms with Crippen LogP contribution in [0.3, 0.4) is 0 Å². The molecule has 0 amide bonds. The zero-order chi connectivity index (χ0) is 14.4. The molecule has 0 radical (unpaired) electrons. The summed E-state index contributed by atoms with van der Waals surface area (Å²) in [5, 5.41) is 8.61. The minimum atomic E-state index is -0.626. The summed E-state index contributed by atoms with van der Waals surface area (Å²) in [4.78, 5) is 11.8. The lowest BCUT2D eigenvalue weighted by molar-refractivity contribution is 0.0962. The van der Waals surface area contributed by atoms with Gasteiger partial charge in [0.05, 0.1) is 12.2 Å². The number of benzene rings is 2. The number of halogens is 1. The molecule has 0 saturated heterocycles. The second kappa shape index (κ2) is 6.48. The smallest absolute Gasteiger partial charge is 0.166 e. The van der Waals surface area contributed by atoms with E-state index in [2.05, 4.69) is 0 Å². The highest BCUT2D eigenvalue weighted by atomic mass is 19.1. The van der Waals surface area contributed by atoms with E-state index >= 15 is 0 Å². The van der Waals surface area contributed by atoms with Crippen LogP contribution in [0, 0.1) is 17.1 Å². The van der Waals surface area contributed by atoms with Crippen molar-refractivity contribution in [2.45, 2.75) is 6.42 Å². The monoisotopic (exact) mass is 269 g/mol. The number of nitrogens with zero attached hydrogens (tertiary/aromatic N) is 1. The molecule has 0 N–H and O–H groups in total.